The van der Waals surface area contributed by atoms with Gasteiger partial charge in [0.15, 0.2) is 0 Å². The van der Waals surface area contributed by atoms with E-state index in [0.717, 1.165) is 9.63 Å². The van der Waals surface area contributed by atoms with E-state index in [2.05, 4.69) is 0 Å². The highest BCUT2D eigenvalue weighted by molar-refractivity contribution is 7.86. The number of hydrogen-bond acceptors (Lipinski definition) is 3. The summed E-state index contributed by atoms with van der Waals surface area (Å²) in [5.41, 5.74) is -4.76. The highest BCUT2D eigenvalue weighted by atomic mass is 35.5. The molecule has 0 fully saturated rings. The highest BCUT2D eigenvalue weighted by Crippen LogP contribution is 2.20. The minimum atomic E-state index is -5.84. The first-order chi connectivity index (χ1) is 7.55. The molecule has 10 heteroatoms. The molecule has 0 heterocycles. The molecule has 0 spiro atoms. The molecule has 0 saturated heterocycles. The molecule has 0 radical (unpaired) electrons. The van der Waals surface area contributed by atoms with Gasteiger partial charge in [0, 0.05) is 23.6 Å². The van der Waals surface area contributed by atoms with Crippen LogP contribution in [-0.4, -0.2) is 18.5 Å². The standard InChI is InChI=1S/C6H5Cl2N.CHF3O3S/c7-9(8)6-4-2-1-3-5-6;2-1(3,4)8(5,6)7/h1-5H;(H,5,6,7). The van der Waals surface area contributed by atoms with Gasteiger partial charge in [-0.1, -0.05) is 18.2 Å². The Hall–Kier alpha value is -0.700. The Morgan fingerprint density at radius 2 is 1.47 bits per heavy atom. The summed E-state index contributed by atoms with van der Waals surface area (Å²) >= 11 is 10.8. The van der Waals surface area contributed by atoms with E-state index < -0.39 is 15.6 Å². The lowest BCUT2D eigenvalue weighted by atomic mass is 10.3. The molecule has 0 saturated carbocycles. The van der Waals surface area contributed by atoms with Gasteiger partial charge in [0.1, 0.15) is 0 Å². The summed E-state index contributed by atoms with van der Waals surface area (Å²) in [6.07, 6.45) is 0. The Kier molecular flexibility index (Phi) is 6.03. The van der Waals surface area contributed by atoms with Crippen molar-refractivity contribution in [1.82, 2.24) is 0 Å². The third-order valence-corrected chi connectivity index (χ3v) is 2.22. The minimum Gasteiger partial charge on any atom is -0.279 e. The molecular formula is C7H6Cl2F3NO3S. The second-order valence-electron chi connectivity index (χ2n) is 2.49. The summed E-state index contributed by atoms with van der Waals surface area (Å²) in [7, 11) is -5.84. The highest BCUT2D eigenvalue weighted by Gasteiger charge is 2.44. The monoisotopic (exact) mass is 311 g/mol. The fraction of sp³-hybridized carbons (Fsp3) is 0.143. The van der Waals surface area contributed by atoms with Gasteiger partial charge >= 0.3 is 15.6 Å². The topological polar surface area (TPSA) is 57.6 Å². The summed E-state index contributed by atoms with van der Waals surface area (Å²) in [5.74, 6) is 0. The zero-order valence-corrected chi connectivity index (χ0v) is 10.2. The molecule has 0 aliphatic carbocycles. The number of nitrogens with zero attached hydrogens (tertiary/aromatic N) is 1. The molecule has 0 amide bonds. The van der Waals surface area contributed by atoms with Gasteiger partial charge in [-0.3, -0.25) is 4.55 Å². The lowest BCUT2D eigenvalue weighted by molar-refractivity contribution is -0.0510. The Bertz CT molecular complexity index is 435. The molecule has 1 aromatic rings. The number of para-hydroxylation sites is 1. The second kappa shape index (κ2) is 6.29. The summed E-state index contributed by atoms with van der Waals surface area (Å²) in [6.45, 7) is 0. The van der Waals surface area contributed by atoms with Gasteiger partial charge in [0.25, 0.3) is 0 Å². The molecule has 4 nitrogen and oxygen atoms in total. The third-order valence-electron chi connectivity index (χ3n) is 1.24. The smallest absolute Gasteiger partial charge is 0.279 e. The zero-order chi connectivity index (χ0) is 13.7. The molecule has 1 N–H and O–H groups in total. The van der Waals surface area contributed by atoms with Crippen molar-refractivity contribution in [2.24, 2.45) is 0 Å². The van der Waals surface area contributed by atoms with E-state index in [-0.39, 0.29) is 0 Å². The van der Waals surface area contributed by atoms with Crippen LogP contribution in [0.1, 0.15) is 0 Å². The maximum Gasteiger partial charge on any atom is 0.522 e. The zero-order valence-electron chi connectivity index (χ0n) is 7.90. The van der Waals surface area contributed by atoms with Crippen molar-refractivity contribution >= 4 is 39.4 Å². The van der Waals surface area contributed by atoms with Gasteiger partial charge in [-0.25, -0.2) is 0 Å². The number of halogens is 5. The van der Waals surface area contributed by atoms with E-state index in [9.17, 15) is 13.2 Å². The van der Waals surface area contributed by atoms with Crippen LogP contribution in [0, 0.1) is 0 Å². The van der Waals surface area contributed by atoms with Gasteiger partial charge in [-0.15, -0.1) is 0 Å². The third kappa shape index (κ3) is 6.57. The molecule has 98 valence electrons. The van der Waals surface area contributed by atoms with Crippen molar-refractivity contribution in [3.63, 3.8) is 0 Å². The number of hydrogen-bond donors (Lipinski definition) is 1. The molecule has 1 rings (SSSR count). The van der Waals surface area contributed by atoms with E-state index in [4.69, 9.17) is 36.5 Å². The van der Waals surface area contributed by atoms with Gasteiger partial charge < -0.3 is 0 Å². The second-order valence-corrected chi connectivity index (χ2v) is 4.75. The Morgan fingerprint density at radius 1 is 1.12 bits per heavy atom. The number of rotatable bonds is 1. The summed E-state index contributed by atoms with van der Waals surface area (Å²) in [4.78, 5) is 0. The van der Waals surface area contributed by atoms with Crippen LogP contribution in [0.2, 0.25) is 0 Å². The molecule has 0 aliphatic heterocycles. The lowest BCUT2D eigenvalue weighted by Crippen LogP contribution is -2.21. The average Bonchev–Trinajstić information content (AvgIpc) is 2.17. The van der Waals surface area contributed by atoms with Crippen molar-refractivity contribution in [3.8, 4) is 0 Å². The van der Waals surface area contributed by atoms with E-state index >= 15 is 0 Å². The first-order valence-electron chi connectivity index (χ1n) is 3.76. The fourth-order valence-corrected chi connectivity index (χ4v) is 0.766. The van der Waals surface area contributed by atoms with Crippen LogP contribution in [-0.2, 0) is 10.1 Å². The van der Waals surface area contributed by atoms with Gasteiger partial charge in [0.2, 0.25) is 0 Å². The summed E-state index contributed by atoms with van der Waals surface area (Å²) in [5, 5.41) is 0. The van der Waals surface area contributed by atoms with Crippen LogP contribution >= 0.6 is 23.6 Å². The molecule has 1 aromatic carbocycles. The maximum absolute atomic E-state index is 10.7. The van der Waals surface area contributed by atoms with Crippen LogP contribution in [0.5, 0.6) is 0 Å². The van der Waals surface area contributed by atoms with Crippen molar-refractivity contribution < 1.29 is 26.1 Å². The Labute approximate surface area is 106 Å². The first kappa shape index (κ1) is 16.3. The van der Waals surface area contributed by atoms with Crippen molar-refractivity contribution in [3.05, 3.63) is 30.3 Å². The van der Waals surface area contributed by atoms with E-state index in [1.165, 1.54) is 0 Å². The normalized spacial score (nSPS) is 11.4. The molecule has 0 aliphatic rings. The average molecular weight is 312 g/mol. The molecule has 17 heavy (non-hydrogen) atoms. The maximum atomic E-state index is 10.7. The number of anilines is 1. The van der Waals surface area contributed by atoms with Crippen molar-refractivity contribution in [1.29, 1.82) is 0 Å². The predicted octanol–water partition coefficient (Wildman–Crippen LogP) is 3.19. The first-order valence-corrected chi connectivity index (χ1v) is 5.88. The van der Waals surface area contributed by atoms with Crippen molar-refractivity contribution in [2.75, 3.05) is 3.94 Å². The number of alkyl halides is 3. The number of benzene rings is 1. The largest absolute Gasteiger partial charge is 0.522 e. The lowest BCUT2D eigenvalue weighted by Gasteiger charge is -2.02. The summed E-state index contributed by atoms with van der Waals surface area (Å²) < 4.78 is 58.6. The Morgan fingerprint density at radius 3 is 1.65 bits per heavy atom. The molecule has 0 atom stereocenters. The van der Waals surface area contributed by atoms with Gasteiger partial charge in [-0.2, -0.15) is 25.5 Å². The predicted molar refractivity (Wildman–Crippen MR) is 58.2 cm³/mol. The molecular weight excluding hydrogens is 306 g/mol. The van der Waals surface area contributed by atoms with Crippen molar-refractivity contribution in [2.45, 2.75) is 5.51 Å². The molecule has 0 bridgehead atoms. The van der Waals surface area contributed by atoms with Gasteiger partial charge in [-0.05, 0) is 12.1 Å². The van der Waals surface area contributed by atoms with E-state index in [1.54, 1.807) is 0 Å². The minimum absolute atomic E-state index is 0.779. The van der Waals surface area contributed by atoms with Crippen LogP contribution in [0.3, 0.4) is 0 Å². The van der Waals surface area contributed by atoms with Gasteiger partial charge in [0.05, 0.1) is 5.69 Å². The molecule has 0 unspecified atom stereocenters. The Balaban J connectivity index is 0.000000304. The van der Waals surface area contributed by atoms with Crippen LogP contribution < -0.4 is 3.94 Å². The van der Waals surface area contributed by atoms with Crippen LogP contribution in [0.4, 0.5) is 18.9 Å². The van der Waals surface area contributed by atoms with Crippen LogP contribution in [0.15, 0.2) is 30.3 Å². The fourth-order valence-electron chi connectivity index (χ4n) is 0.541. The van der Waals surface area contributed by atoms with E-state index in [0.29, 0.717) is 0 Å². The van der Waals surface area contributed by atoms with E-state index in [1.807, 2.05) is 30.3 Å². The molecule has 0 aromatic heterocycles. The van der Waals surface area contributed by atoms with Crippen LogP contribution in [0.25, 0.3) is 0 Å². The quantitative estimate of drug-likeness (QED) is 0.491. The SMILES string of the molecule is ClN(Cl)c1ccccc1.O=S(=O)(O)C(F)(F)F. The summed E-state index contributed by atoms with van der Waals surface area (Å²) in [6, 6.07) is 9.28.